The lowest BCUT2D eigenvalue weighted by Crippen LogP contribution is -2.15. The fourth-order valence-corrected chi connectivity index (χ4v) is 9.46. The van der Waals surface area contributed by atoms with Crippen LogP contribution in [0, 0.1) is 6.92 Å². The third-order valence-electron chi connectivity index (χ3n) is 7.72. The standard InChI is InChI=1S/C29H31N5O21S6/c1-15-10-18(22(49-3)14-24(15)59(40,41)8-6-50-57-55-53-37)32-34-28-23(56-54-52-36)12-17-25(60(42,43)44)13-20(27(30)26(17)29(28)35)33-31-19-11-16(4-5-21(19)48-2)58(38,39)9-7-51-61(45,46)47/h4-5,10-14,35-37H,6-9,30H2,1-3H3,(H,42,43,44)(H,45,46,47). The first-order valence-electron chi connectivity index (χ1n) is 15.9. The van der Waals surface area contributed by atoms with Crippen LogP contribution in [0.15, 0.2) is 82.5 Å². The highest BCUT2D eigenvalue weighted by Crippen LogP contribution is 2.50. The third-order valence-corrected chi connectivity index (χ3v) is 13.6. The molecular weight excluding hydrogens is 947 g/mol. The molecule has 61 heavy (non-hydrogen) atoms. The van der Waals surface area contributed by atoms with E-state index in [-0.39, 0.29) is 62.6 Å². The zero-order valence-electron chi connectivity index (χ0n) is 31.0. The first kappa shape index (κ1) is 49.3. The van der Waals surface area contributed by atoms with Crippen LogP contribution in [0.25, 0.3) is 10.8 Å². The van der Waals surface area contributed by atoms with Crippen molar-refractivity contribution in [3.8, 4) is 17.2 Å². The Morgan fingerprint density at radius 1 is 0.721 bits per heavy atom. The second-order valence-corrected chi connectivity index (χ2v) is 19.4. The van der Waals surface area contributed by atoms with Crippen molar-refractivity contribution < 1.29 is 95.0 Å². The number of azo groups is 2. The van der Waals surface area contributed by atoms with Crippen molar-refractivity contribution in [1.29, 1.82) is 0 Å². The van der Waals surface area contributed by atoms with Gasteiger partial charge in [0, 0.05) is 11.5 Å². The molecule has 0 atom stereocenters. The Balaban J connectivity index is 1.87. The van der Waals surface area contributed by atoms with E-state index < -0.39 is 108 Å². The van der Waals surface area contributed by atoms with Gasteiger partial charge >= 0.3 is 10.4 Å². The van der Waals surface area contributed by atoms with Gasteiger partial charge in [-0.3, -0.25) is 13.3 Å². The molecular formula is C29H31N5O21S6. The number of sulfone groups is 2. The Labute approximate surface area is 354 Å². The topological polar surface area (TPSA) is 387 Å². The fourth-order valence-electron chi connectivity index (χ4n) is 5.09. The summed E-state index contributed by atoms with van der Waals surface area (Å²) in [6.07, 6.45) is 0. The van der Waals surface area contributed by atoms with Crippen molar-refractivity contribution in [2.24, 2.45) is 20.5 Å². The average Bonchev–Trinajstić information content (AvgIpc) is 3.17. The Morgan fingerprint density at radius 3 is 1.97 bits per heavy atom. The number of phenolic OH excluding ortho intramolecular Hbond substituents is 1. The molecule has 0 aliphatic carbocycles. The van der Waals surface area contributed by atoms with E-state index in [2.05, 4.69) is 43.4 Å². The molecule has 0 aliphatic heterocycles. The molecule has 32 heteroatoms. The lowest BCUT2D eigenvalue weighted by molar-refractivity contribution is -0.434. The van der Waals surface area contributed by atoms with Crippen LogP contribution in [0.1, 0.15) is 5.56 Å². The van der Waals surface area contributed by atoms with Crippen molar-refractivity contribution in [2.75, 3.05) is 44.7 Å². The normalized spacial score (nSPS) is 12.8. The number of anilines is 1. The summed E-state index contributed by atoms with van der Waals surface area (Å²) in [4.78, 5) is -1.86. The van der Waals surface area contributed by atoms with Gasteiger partial charge in [-0.25, -0.2) is 31.5 Å². The number of phenols is 1. The van der Waals surface area contributed by atoms with E-state index in [1.165, 1.54) is 27.2 Å². The van der Waals surface area contributed by atoms with Crippen LogP contribution >= 0.6 is 24.4 Å². The number of nitrogen functional groups attached to an aromatic ring is 1. The number of ether oxygens (including phenoxy) is 2. The van der Waals surface area contributed by atoms with Gasteiger partial charge in [-0.05, 0) is 48.9 Å². The molecule has 0 bridgehead atoms. The van der Waals surface area contributed by atoms with Gasteiger partial charge in [-0.2, -0.15) is 16.8 Å². The summed E-state index contributed by atoms with van der Waals surface area (Å²) < 4.78 is 146. The molecule has 26 nitrogen and oxygen atoms in total. The second-order valence-electron chi connectivity index (χ2n) is 11.4. The summed E-state index contributed by atoms with van der Waals surface area (Å²) in [6, 6.07) is 7.32. The average molecular weight is 978 g/mol. The fraction of sp³-hybridized carbons (Fsp3) is 0.241. The predicted molar refractivity (Wildman–Crippen MR) is 210 cm³/mol. The van der Waals surface area contributed by atoms with E-state index in [0.717, 1.165) is 36.4 Å². The van der Waals surface area contributed by atoms with Gasteiger partial charge in [0.15, 0.2) is 37.7 Å². The number of fused-ring (bicyclic) bond motifs is 1. The molecule has 0 fully saturated rings. The Hall–Kier alpha value is -4.36. The molecule has 4 rings (SSSR count). The number of nitrogens with two attached hydrogens (primary N) is 1. The number of hydrogen-bond acceptors (Lipinski definition) is 26. The largest absolute Gasteiger partial charge is 0.505 e. The highest BCUT2D eigenvalue weighted by atomic mass is 32.3. The van der Waals surface area contributed by atoms with E-state index >= 15 is 0 Å². The van der Waals surface area contributed by atoms with Crippen LogP contribution in [-0.2, 0) is 67.3 Å². The zero-order chi connectivity index (χ0) is 45.3. The molecule has 4 aromatic carbocycles. The Morgan fingerprint density at radius 2 is 1.34 bits per heavy atom. The number of aromatic hydroxyl groups is 1. The summed E-state index contributed by atoms with van der Waals surface area (Å²) in [7, 11) is -16.1. The van der Waals surface area contributed by atoms with Gasteiger partial charge in [0.25, 0.3) is 10.1 Å². The second kappa shape index (κ2) is 20.7. The number of nitrogens with zero attached hydrogens (tertiary/aromatic N) is 4. The van der Waals surface area contributed by atoms with E-state index in [1.54, 1.807) is 0 Å². The molecule has 334 valence electrons. The monoisotopic (exact) mass is 977 g/mol. The van der Waals surface area contributed by atoms with Crippen molar-refractivity contribution in [3.63, 3.8) is 0 Å². The van der Waals surface area contributed by atoms with Crippen molar-refractivity contribution in [3.05, 3.63) is 48.0 Å². The lowest BCUT2D eigenvalue weighted by atomic mass is 10.0. The van der Waals surface area contributed by atoms with Gasteiger partial charge in [0.1, 0.15) is 39.1 Å². The Bertz CT molecular complexity index is 2790. The molecule has 7 N–H and O–H groups in total. The molecule has 0 radical (unpaired) electrons. The molecule has 0 unspecified atom stereocenters. The summed E-state index contributed by atoms with van der Waals surface area (Å²) in [5.41, 5.74) is 4.56. The minimum atomic E-state index is -5.20. The maximum absolute atomic E-state index is 13.0. The minimum Gasteiger partial charge on any atom is -0.505 e. The van der Waals surface area contributed by atoms with Crippen LogP contribution in [0.4, 0.5) is 28.4 Å². The third kappa shape index (κ3) is 12.6. The zero-order valence-corrected chi connectivity index (χ0v) is 35.9. The van der Waals surface area contributed by atoms with E-state index in [4.69, 9.17) is 34.5 Å². The van der Waals surface area contributed by atoms with Gasteiger partial charge in [0.2, 0.25) is 0 Å². The maximum atomic E-state index is 13.0. The van der Waals surface area contributed by atoms with Crippen LogP contribution < -0.4 is 15.2 Å². The number of hydrogen-bond donors (Lipinski definition) is 6. The van der Waals surface area contributed by atoms with E-state index in [1.807, 2.05) is 0 Å². The first-order chi connectivity index (χ1) is 28.6. The van der Waals surface area contributed by atoms with Gasteiger partial charge in [-0.15, -0.1) is 29.1 Å². The van der Waals surface area contributed by atoms with E-state index in [0.29, 0.717) is 0 Å². The van der Waals surface area contributed by atoms with Crippen LogP contribution in [0.5, 0.6) is 17.2 Å². The summed E-state index contributed by atoms with van der Waals surface area (Å²) in [6.45, 7) is 0.0891. The highest BCUT2D eigenvalue weighted by molar-refractivity contribution is 7.94. The molecule has 0 aliphatic rings. The Kier molecular flexibility index (Phi) is 16.7. The van der Waals surface area contributed by atoms with Gasteiger partial charge in [-0.1, -0.05) is 10.1 Å². The van der Waals surface area contributed by atoms with Crippen molar-refractivity contribution >= 4 is 104 Å². The summed E-state index contributed by atoms with van der Waals surface area (Å²) in [5.74, 6) is -2.60. The smallest absolute Gasteiger partial charge is 0.397 e. The molecule has 0 aromatic heterocycles. The molecule has 0 saturated heterocycles. The molecule has 0 heterocycles. The number of methoxy groups -OCH3 is 2. The first-order valence-corrected chi connectivity index (χ1v) is 23.4. The van der Waals surface area contributed by atoms with E-state index in [9.17, 15) is 43.3 Å². The number of rotatable bonds is 22. The van der Waals surface area contributed by atoms with Gasteiger partial charge in [0.05, 0.1) is 76.7 Å². The SMILES string of the molecule is COc1ccc(S(=O)(=O)CCOS(=O)(=O)O)cc1N=Nc1cc(S(=O)(=O)O)c2cc(SOOO)c(N=Nc3cc(C)c(S(=O)(=O)CCOSOOO)cc3OC)c(O)c2c1N. The molecule has 0 spiro atoms. The number of benzene rings is 4. The molecule has 0 saturated carbocycles. The highest BCUT2D eigenvalue weighted by Gasteiger charge is 2.27. The minimum absolute atomic E-state index is 0.0751. The summed E-state index contributed by atoms with van der Waals surface area (Å²) >= 11 is 0.359. The van der Waals surface area contributed by atoms with Crippen molar-refractivity contribution in [1.82, 2.24) is 0 Å². The van der Waals surface area contributed by atoms with Crippen LogP contribution in [-0.4, -0.2) is 97.3 Å². The molecule has 0 amide bonds. The quantitative estimate of drug-likeness (QED) is 0.0110. The van der Waals surface area contributed by atoms with Gasteiger partial charge < -0.3 is 20.3 Å². The van der Waals surface area contributed by atoms with Crippen molar-refractivity contribution in [2.45, 2.75) is 26.5 Å². The van der Waals surface area contributed by atoms with Crippen LogP contribution in [0.3, 0.4) is 0 Å². The lowest BCUT2D eigenvalue weighted by Gasteiger charge is -2.15. The summed E-state index contributed by atoms with van der Waals surface area (Å²) in [5, 5.41) is 50.6. The predicted octanol–water partition coefficient (Wildman–Crippen LogP) is 5.33. The number of aryl methyl sites for hydroxylation is 1. The maximum Gasteiger partial charge on any atom is 0.397 e. The molecule has 4 aromatic rings. The van der Waals surface area contributed by atoms with Crippen LogP contribution in [0.2, 0.25) is 0 Å².